The van der Waals surface area contributed by atoms with Crippen LogP contribution < -0.4 is 0 Å². The summed E-state index contributed by atoms with van der Waals surface area (Å²) in [5.41, 5.74) is 1.38. The quantitative estimate of drug-likeness (QED) is 0.288. The van der Waals surface area contributed by atoms with Gasteiger partial charge in [0.05, 0.1) is 0 Å². The highest BCUT2D eigenvalue weighted by atomic mass is 35.7. The fourth-order valence-corrected chi connectivity index (χ4v) is 1.01. The standard InChI is InChI=1S/C8H14ClO5P/c1-7(2)5-11-13-15(9,10)14-12-6-8(3)4/h1,3,5-6H2,2,4H3. The van der Waals surface area contributed by atoms with Crippen LogP contribution in [0.3, 0.4) is 0 Å². The molecular formula is C8H14ClO5P. The van der Waals surface area contributed by atoms with Gasteiger partial charge in [-0.3, -0.25) is 0 Å². The summed E-state index contributed by atoms with van der Waals surface area (Å²) in [6.07, 6.45) is 0. The van der Waals surface area contributed by atoms with Gasteiger partial charge in [0.2, 0.25) is 0 Å². The molecule has 0 bridgehead atoms. The van der Waals surface area contributed by atoms with E-state index in [1.54, 1.807) is 13.8 Å². The van der Waals surface area contributed by atoms with Crippen molar-refractivity contribution in [1.82, 2.24) is 0 Å². The Balaban J connectivity index is 3.72. The maximum atomic E-state index is 11.2. The first-order valence-electron chi connectivity index (χ1n) is 4.04. The lowest BCUT2D eigenvalue weighted by Crippen LogP contribution is -1.98. The van der Waals surface area contributed by atoms with Crippen molar-refractivity contribution in [2.45, 2.75) is 13.8 Å². The summed E-state index contributed by atoms with van der Waals surface area (Å²) in [5.74, 6) is 0. The van der Waals surface area contributed by atoms with Crippen molar-refractivity contribution in [2.75, 3.05) is 13.2 Å². The van der Waals surface area contributed by atoms with E-state index in [0.717, 1.165) is 0 Å². The highest BCUT2D eigenvalue weighted by Crippen LogP contribution is 2.53. The molecule has 15 heavy (non-hydrogen) atoms. The predicted molar refractivity (Wildman–Crippen MR) is 57.2 cm³/mol. The molecule has 5 nitrogen and oxygen atoms in total. The summed E-state index contributed by atoms with van der Waals surface area (Å²) in [6, 6.07) is 0. The van der Waals surface area contributed by atoms with Gasteiger partial charge >= 0.3 is 6.95 Å². The van der Waals surface area contributed by atoms with Gasteiger partial charge in [-0.25, -0.2) is 14.3 Å². The van der Waals surface area contributed by atoms with Gasteiger partial charge in [0, 0.05) is 11.2 Å². The molecule has 0 heterocycles. The molecule has 0 aromatic heterocycles. The molecule has 0 saturated carbocycles. The van der Waals surface area contributed by atoms with Gasteiger partial charge in [0.1, 0.15) is 13.2 Å². The van der Waals surface area contributed by atoms with E-state index in [-0.39, 0.29) is 13.2 Å². The molecule has 7 heteroatoms. The van der Waals surface area contributed by atoms with Gasteiger partial charge < -0.3 is 0 Å². The molecule has 88 valence electrons. The highest BCUT2D eigenvalue weighted by molar-refractivity contribution is 7.81. The van der Waals surface area contributed by atoms with Crippen LogP contribution in [0.4, 0.5) is 0 Å². The van der Waals surface area contributed by atoms with Crippen LogP contribution in [0, 0.1) is 0 Å². The summed E-state index contributed by atoms with van der Waals surface area (Å²) in [7, 11) is 0. The van der Waals surface area contributed by atoms with E-state index in [2.05, 4.69) is 32.3 Å². The van der Waals surface area contributed by atoms with E-state index in [0.29, 0.717) is 11.1 Å². The van der Waals surface area contributed by atoms with E-state index in [4.69, 9.17) is 11.2 Å². The summed E-state index contributed by atoms with van der Waals surface area (Å²) >= 11 is 5.30. The molecule has 0 aromatic rings. The first-order chi connectivity index (χ1) is 6.83. The summed E-state index contributed by atoms with van der Waals surface area (Å²) in [6.45, 7) is 6.78. The van der Waals surface area contributed by atoms with Crippen molar-refractivity contribution in [3.63, 3.8) is 0 Å². The minimum atomic E-state index is -3.86. The molecule has 0 aromatic carbocycles. The van der Waals surface area contributed by atoms with Gasteiger partial charge in [-0.2, -0.15) is 0 Å². The van der Waals surface area contributed by atoms with Crippen molar-refractivity contribution in [3.8, 4) is 0 Å². The number of hydrogen-bond acceptors (Lipinski definition) is 5. The SMILES string of the molecule is C=C(C)COOP(=O)(Cl)OOCC(=C)C. The fourth-order valence-electron chi connectivity index (χ4n) is 0.392. The van der Waals surface area contributed by atoms with Gasteiger partial charge in [-0.1, -0.05) is 24.3 Å². The van der Waals surface area contributed by atoms with Crippen LogP contribution in [0.15, 0.2) is 24.3 Å². The summed E-state index contributed by atoms with van der Waals surface area (Å²) < 4.78 is 19.8. The predicted octanol–water partition coefficient (Wildman–Crippen LogP) is 3.38. The average Bonchev–Trinajstić information content (AvgIpc) is 2.01. The topological polar surface area (TPSA) is 54.0 Å². The number of halogens is 1. The second-order valence-electron chi connectivity index (χ2n) is 3.02. The highest BCUT2D eigenvalue weighted by Gasteiger charge is 2.24. The third-order valence-electron chi connectivity index (χ3n) is 0.894. The Bertz CT molecular complexity index is 254. The smallest absolute Gasteiger partial charge is 0.236 e. The van der Waals surface area contributed by atoms with E-state index >= 15 is 0 Å². The molecule has 0 rings (SSSR count). The molecule has 0 radical (unpaired) electrons. The van der Waals surface area contributed by atoms with Crippen molar-refractivity contribution in [1.29, 1.82) is 0 Å². The Hall–Kier alpha value is -0.160. The van der Waals surface area contributed by atoms with Crippen LogP contribution in [0.5, 0.6) is 0 Å². The number of rotatable bonds is 8. The first kappa shape index (κ1) is 14.8. The maximum absolute atomic E-state index is 11.2. The second kappa shape index (κ2) is 7.17. The van der Waals surface area contributed by atoms with E-state index in [9.17, 15) is 4.57 Å². The van der Waals surface area contributed by atoms with E-state index in [1.165, 1.54) is 0 Å². The van der Waals surface area contributed by atoms with Crippen LogP contribution in [-0.4, -0.2) is 13.2 Å². The fraction of sp³-hybridized carbons (Fsp3) is 0.500. The molecular weight excluding hydrogens is 243 g/mol. The monoisotopic (exact) mass is 256 g/mol. The Kier molecular flexibility index (Phi) is 7.09. The van der Waals surface area contributed by atoms with Crippen LogP contribution >= 0.6 is 18.2 Å². The van der Waals surface area contributed by atoms with Gasteiger partial charge in [0.15, 0.2) is 0 Å². The van der Waals surface area contributed by atoms with Crippen molar-refractivity contribution >= 4 is 18.2 Å². The van der Waals surface area contributed by atoms with Crippen molar-refractivity contribution in [2.24, 2.45) is 0 Å². The third-order valence-corrected chi connectivity index (χ3v) is 1.80. The lowest BCUT2D eigenvalue weighted by Gasteiger charge is -2.09. The molecule has 0 N–H and O–H groups in total. The Morgan fingerprint density at radius 3 is 1.73 bits per heavy atom. The Morgan fingerprint density at radius 2 is 1.47 bits per heavy atom. The molecule has 0 spiro atoms. The molecule has 0 saturated heterocycles. The molecule has 0 aliphatic carbocycles. The van der Waals surface area contributed by atoms with Crippen LogP contribution in [0.25, 0.3) is 0 Å². The lowest BCUT2D eigenvalue weighted by atomic mass is 10.4. The zero-order valence-electron chi connectivity index (χ0n) is 8.69. The molecule has 0 aliphatic rings. The first-order valence-corrected chi connectivity index (χ1v) is 6.49. The zero-order valence-corrected chi connectivity index (χ0v) is 10.3. The van der Waals surface area contributed by atoms with Crippen molar-refractivity contribution < 1.29 is 23.7 Å². The van der Waals surface area contributed by atoms with E-state index < -0.39 is 6.95 Å². The zero-order chi connectivity index (χ0) is 11.9. The van der Waals surface area contributed by atoms with E-state index in [1.807, 2.05) is 0 Å². The van der Waals surface area contributed by atoms with Crippen LogP contribution in [0.1, 0.15) is 13.8 Å². The average molecular weight is 257 g/mol. The van der Waals surface area contributed by atoms with Gasteiger partial charge in [-0.15, -0.1) is 9.35 Å². The molecule has 0 aliphatic heterocycles. The van der Waals surface area contributed by atoms with Gasteiger partial charge in [0.25, 0.3) is 0 Å². The lowest BCUT2D eigenvalue weighted by molar-refractivity contribution is -0.254. The van der Waals surface area contributed by atoms with Crippen molar-refractivity contribution in [3.05, 3.63) is 24.3 Å². The second-order valence-corrected chi connectivity index (χ2v) is 5.42. The van der Waals surface area contributed by atoms with Gasteiger partial charge in [-0.05, 0) is 13.8 Å². The summed E-state index contributed by atoms with van der Waals surface area (Å²) in [5, 5.41) is 0. The maximum Gasteiger partial charge on any atom is 0.478 e. The minimum Gasteiger partial charge on any atom is -0.236 e. The molecule has 0 unspecified atom stereocenters. The largest absolute Gasteiger partial charge is 0.478 e. The van der Waals surface area contributed by atoms with Crippen LogP contribution in [-0.2, 0) is 23.7 Å². The van der Waals surface area contributed by atoms with Crippen LogP contribution in [0.2, 0.25) is 0 Å². The number of hydrogen-bond donors (Lipinski definition) is 0. The molecule has 0 fully saturated rings. The minimum absolute atomic E-state index is 0.0700. The Morgan fingerprint density at radius 1 is 1.13 bits per heavy atom. The molecule has 0 amide bonds. The third kappa shape index (κ3) is 10.1. The summed E-state index contributed by atoms with van der Waals surface area (Å²) in [4.78, 5) is 8.99. The normalized spacial score (nSPS) is 11.4. The molecule has 0 atom stereocenters. The Labute approximate surface area is 93.8 Å².